The first-order valence-corrected chi connectivity index (χ1v) is 10.6. The zero-order chi connectivity index (χ0) is 20.9. The van der Waals surface area contributed by atoms with E-state index in [-0.39, 0.29) is 11.9 Å². The van der Waals surface area contributed by atoms with E-state index in [0.717, 1.165) is 18.5 Å². The summed E-state index contributed by atoms with van der Waals surface area (Å²) in [7, 11) is 1.58. The van der Waals surface area contributed by atoms with Crippen LogP contribution in [0, 0.1) is 0 Å². The van der Waals surface area contributed by atoms with Gasteiger partial charge in [-0.1, -0.05) is 12.1 Å². The van der Waals surface area contributed by atoms with Crippen molar-refractivity contribution in [2.45, 2.75) is 32.2 Å². The van der Waals surface area contributed by atoms with Crippen LogP contribution in [-0.4, -0.2) is 60.0 Å². The number of nitrogens with one attached hydrogen (secondary N) is 1. The molecule has 3 amide bonds. The van der Waals surface area contributed by atoms with E-state index < -0.39 is 0 Å². The molecule has 7 heteroatoms. The van der Waals surface area contributed by atoms with Crippen LogP contribution >= 0.6 is 0 Å². The lowest BCUT2D eigenvalue weighted by Crippen LogP contribution is -2.53. The minimum atomic E-state index is -0.108. The first-order chi connectivity index (χ1) is 14.6. The Morgan fingerprint density at radius 2 is 1.80 bits per heavy atom. The molecule has 0 atom stereocenters. The van der Waals surface area contributed by atoms with Crippen molar-refractivity contribution in [1.29, 1.82) is 0 Å². The summed E-state index contributed by atoms with van der Waals surface area (Å²) >= 11 is 0. The summed E-state index contributed by atoms with van der Waals surface area (Å²) in [4.78, 5) is 33.5. The van der Waals surface area contributed by atoms with Crippen molar-refractivity contribution in [3.63, 3.8) is 0 Å². The molecule has 1 saturated heterocycles. The average Bonchev–Trinajstić information content (AvgIpc) is 2.82. The molecule has 30 heavy (non-hydrogen) atoms. The fourth-order valence-corrected chi connectivity index (χ4v) is 4.06. The summed E-state index contributed by atoms with van der Waals surface area (Å²) in [5, 5.41) is 2.97. The number of piperazine rings is 1. The lowest BCUT2D eigenvalue weighted by Gasteiger charge is -2.34. The number of hydrogen-bond acceptors (Lipinski definition) is 4. The number of rotatable bonds is 4. The van der Waals surface area contributed by atoms with Crippen LogP contribution in [0.1, 0.15) is 40.2 Å². The van der Waals surface area contributed by atoms with E-state index in [2.05, 4.69) is 11.4 Å². The van der Waals surface area contributed by atoms with Crippen LogP contribution in [0.25, 0.3) is 0 Å². The van der Waals surface area contributed by atoms with Crippen molar-refractivity contribution in [2.75, 3.05) is 33.3 Å². The van der Waals surface area contributed by atoms with Gasteiger partial charge in [0.1, 0.15) is 5.75 Å². The van der Waals surface area contributed by atoms with E-state index >= 15 is 0 Å². The standard InChI is InChI=1S/C23H28N4O3/c1-30-20-7-4-6-18(15-20)22(28)26-11-13-27(14-12-26)23(29)24-16-19-10-9-17-5-2-3-8-21(17)25-19/h4,6-7,9-10,15H,2-3,5,8,11-14,16H2,1H3,(H,24,29). The summed E-state index contributed by atoms with van der Waals surface area (Å²) < 4.78 is 5.20. The minimum Gasteiger partial charge on any atom is -0.497 e. The molecule has 1 N–H and O–H groups in total. The molecule has 0 saturated carbocycles. The van der Waals surface area contributed by atoms with Gasteiger partial charge in [-0.25, -0.2) is 4.79 Å². The Morgan fingerprint density at radius 3 is 2.60 bits per heavy atom. The van der Waals surface area contributed by atoms with Crippen LogP contribution in [0.2, 0.25) is 0 Å². The lowest BCUT2D eigenvalue weighted by molar-refractivity contribution is 0.0664. The summed E-state index contributed by atoms with van der Waals surface area (Å²) in [5.41, 5.74) is 4.02. The van der Waals surface area contributed by atoms with Gasteiger partial charge in [-0.3, -0.25) is 9.78 Å². The van der Waals surface area contributed by atoms with Gasteiger partial charge in [0, 0.05) is 37.4 Å². The molecule has 0 spiro atoms. The molecule has 7 nitrogen and oxygen atoms in total. The number of benzene rings is 1. The number of carbonyl (C=O) groups is 2. The molecular formula is C23H28N4O3. The predicted molar refractivity (Wildman–Crippen MR) is 114 cm³/mol. The molecule has 2 aliphatic rings. The second-order valence-corrected chi connectivity index (χ2v) is 7.79. The van der Waals surface area contributed by atoms with E-state index in [9.17, 15) is 9.59 Å². The summed E-state index contributed by atoms with van der Waals surface area (Å²) in [6.45, 7) is 2.48. The highest BCUT2D eigenvalue weighted by Gasteiger charge is 2.25. The van der Waals surface area contributed by atoms with Crippen molar-refractivity contribution >= 4 is 11.9 Å². The molecule has 1 aromatic carbocycles. The number of fused-ring (bicyclic) bond motifs is 1. The maximum atomic E-state index is 12.7. The first-order valence-electron chi connectivity index (χ1n) is 10.6. The Bertz CT molecular complexity index is 922. The number of hydrogen-bond donors (Lipinski definition) is 1. The Kier molecular flexibility index (Phi) is 6.16. The third-order valence-corrected chi connectivity index (χ3v) is 5.83. The topological polar surface area (TPSA) is 74.8 Å². The van der Waals surface area contributed by atoms with Crippen LogP contribution in [-0.2, 0) is 19.4 Å². The van der Waals surface area contributed by atoms with Gasteiger partial charge in [-0.15, -0.1) is 0 Å². The molecule has 158 valence electrons. The highest BCUT2D eigenvalue weighted by Crippen LogP contribution is 2.19. The predicted octanol–water partition coefficient (Wildman–Crippen LogP) is 2.64. The molecule has 0 unspecified atom stereocenters. The van der Waals surface area contributed by atoms with Gasteiger partial charge in [-0.05, 0) is 55.5 Å². The Morgan fingerprint density at radius 1 is 1.03 bits per heavy atom. The van der Waals surface area contributed by atoms with Crippen LogP contribution in [0.4, 0.5) is 4.79 Å². The van der Waals surface area contributed by atoms with Crippen LogP contribution in [0.15, 0.2) is 36.4 Å². The number of aryl methyl sites for hydroxylation is 2. The van der Waals surface area contributed by atoms with E-state index in [1.807, 2.05) is 18.2 Å². The third-order valence-electron chi connectivity index (χ3n) is 5.83. The molecule has 0 radical (unpaired) electrons. The third kappa shape index (κ3) is 4.56. The highest BCUT2D eigenvalue weighted by molar-refractivity contribution is 5.94. The van der Waals surface area contributed by atoms with Crippen LogP contribution in [0.3, 0.4) is 0 Å². The van der Waals surface area contributed by atoms with E-state index in [1.54, 1.807) is 29.0 Å². The normalized spacial score (nSPS) is 16.0. The second kappa shape index (κ2) is 9.15. The Balaban J connectivity index is 1.27. The van der Waals surface area contributed by atoms with Gasteiger partial charge >= 0.3 is 6.03 Å². The number of methoxy groups -OCH3 is 1. The molecule has 1 aliphatic carbocycles. The Labute approximate surface area is 177 Å². The maximum Gasteiger partial charge on any atom is 0.317 e. The smallest absolute Gasteiger partial charge is 0.317 e. The van der Waals surface area contributed by atoms with Gasteiger partial charge < -0.3 is 19.9 Å². The number of nitrogens with zero attached hydrogens (tertiary/aromatic N) is 3. The van der Waals surface area contributed by atoms with Gasteiger partial charge in [-0.2, -0.15) is 0 Å². The van der Waals surface area contributed by atoms with Crippen molar-refractivity contribution in [3.8, 4) is 5.75 Å². The van der Waals surface area contributed by atoms with Gasteiger partial charge in [0.2, 0.25) is 0 Å². The zero-order valence-corrected chi connectivity index (χ0v) is 17.4. The number of amides is 3. The molecule has 1 fully saturated rings. The quantitative estimate of drug-likeness (QED) is 0.844. The summed E-state index contributed by atoms with van der Waals surface area (Å²) in [6, 6.07) is 11.2. The molecular weight excluding hydrogens is 380 g/mol. The monoisotopic (exact) mass is 408 g/mol. The van der Waals surface area contributed by atoms with Gasteiger partial charge in [0.15, 0.2) is 0 Å². The molecule has 1 aliphatic heterocycles. The largest absolute Gasteiger partial charge is 0.497 e. The SMILES string of the molecule is COc1cccc(C(=O)N2CCN(C(=O)NCc3ccc4c(n3)CCCC4)CC2)c1. The fraction of sp³-hybridized carbons (Fsp3) is 0.435. The number of urea groups is 1. The average molecular weight is 409 g/mol. The molecule has 4 rings (SSSR count). The van der Waals surface area contributed by atoms with E-state index in [4.69, 9.17) is 9.72 Å². The lowest BCUT2D eigenvalue weighted by atomic mass is 9.96. The van der Waals surface area contributed by atoms with E-state index in [0.29, 0.717) is 44.0 Å². The van der Waals surface area contributed by atoms with E-state index in [1.165, 1.54) is 24.1 Å². The molecule has 1 aromatic heterocycles. The number of aromatic nitrogens is 1. The molecule has 0 bridgehead atoms. The summed E-state index contributed by atoms with van der Waals surface area (Å²) in [6.07, 6.45) is 4.56. The first kappa shape index (κ1) is 20.2. The van der Waals surface area contributed by atoms with Crippen molar-refractivity contribution < 1.29 is 14.3 Å². The maximum absolute atomic E-state index is 12.7. The van der Waals surface area contributed by atoms with Gasteiger partial charge in [0.05, 0.1) is 19.3 Å². The summed E-state index contributed by atoms with van der Waals surface area (Å²) in [5.74, 6) is 0.627. The van der Waals surface area contributed by atoms with Crippen LogP contribution < -0.4 is 10.1 Å². The second-order valence-electron chi connectivity index (χ2n) is 7.79. The van der Waals surface area contributed by atoms with Crippen molar-refractivity contribution in [3.05, 3.63) is 58.9 Å². The zero-order valence-electron chi connectivity index (χ0n) is 17.4. The Hall–Kier alpha value is -3.09. The molecule has 2 aromatic rings. The number of ether oxygens (including phenoxy) is 1. The number of pyridine rings is 1. The van der Waals surface area contributed by atoms with Crippen molar-refractivity contribution in [1.82, 2.24) is 20.1 Å². The number of carbonyl (C=O) groups excluding carboxylic acids is 2. The minimum absolute atomic E-state index is 0.0350. The van der Waals surface area contributed by atoms with Crippen molar-refractivity contribution in [2.24, 2.45) is 0 Å². The highest BCUT2D eigenvalue weighted by atomic mass is 16.5. The van der Waals surface area contributed by atoms with Crippen LogP contribution in [0.5, 0.6) is 5.75 Å². The molecule has 2 heterocycles. The fourth-order valence-electron chi connectivity index (χ4n) is 4.06. The van der Waals surface area contributed by atoms with Gasteiger partial charge in [0.25, 0.3) is 5.91 Å².